The van der Waals surface area contributed by atoms with Crippen molar-refractivity contribution in [2.75, 3.05) is 136 Å². The smallest absolute Gasteiger partial charge is 0.347 e. The first-order chi connectivity index (χ1) is 67.1. The quantitative estimate of drug-likeness (QED) is 0.0410. The fourth-order valence-corrected chi connectivity index (χ4v) is 18.8. The van der Waals surface area contributed by atoms with Gasteiger partial charge in [0.05, 0.1) is 33.5 Å². The van der Waals surface area contributed by atoms with Gasteiger partial charge >= 0.3 is 34.1 Å². The Kier molecular flexibility index (Phi) is 39.5. The number of hydrogen-bond donors (Lipinski definition) is 6. The van der Waals surface area contributed by atoms with E-state index in [-0.39, 0.29) is 109 Å². The molecule has 0 amide bonds. The van der Waals surface area contributed by atoms with Gasteiger partial charge in [0.25, 0.3) is 33.4 Å². The molecule has 3 aliphatic rings. The molecule has 9 atom stereocenters. The minimum atomic E-state index is -3.61. The Bertz CT molecular complexity index is 6920. The van der Waals surface area contributed by atoms with E-state index in [4.69, 9.17) is 0 Å². The topological polar surface area (TPSA) is 467 Å². The van der Waals surface area contributed by atoms with Gasteiger partial charge in [-0.1, -0.05) is 141 Å². The lowest BCUT2D eigenvalue weighted by Crippen LogP contribution is -2.48. The highest BCUT2D eigenvalue weighted by Crippen LogP contribution is 2.32. The van der Waals surface area contributed by atoms with Crippen molar-refractivity contribution in [2.24, 2.45) is 70.5 Å². The summed E-state index contributed by atoms with van der Waals surface area (Å²) in [6.45, 7) is 10.9. The lowest BCUT2D eigenvalue weighted by atomic mass is 9.89. The predicted octanol–water partition coefficient (Wildman–Crippen LogP) is 2.59. The molecule has 14 rings (SSSR count). The molecule has 142 heavy (non-hydrogen) atoms. The highest BCUT2D eigenvalue weighted by molar-refractivity contribution is 7.91. The Hall–Kier alpha value is -13.7. The van der Waals surface area contributed by atoms with Gasteiger partial charge in [-0.15, -0.1) is 30.6 Å². The molecule has 3 unspecified atom stereocenters. The minimum absolute atomic E-state index is 0.0669. The van der Waals surface area contributed by atoms with E-state index in [2.05, 4.69) is 159 Å². The number of fused-ring (bicyclic) bond motifs is 1. The lowest BCUT2D eigenvalue weighted by Gasteiger charge is -2.37. The van der Waals surface area contributed by atoms with Crippen LogP contribution in [0.15, 0.2) is 207 Å². The van der Waals surface area contributed by atoms with Gasteiger partial charge in [-0.3, -0.25) is 66.0 Å². The Labute approximate surface area is 825 Å². The van der Waals surface area contributed by atoms with Crippen LogP contribution in [-0.2, 0) is 105 Å². The lowest BCUT2D eigenvalue weighted by molar-refractivity contribution is 0.188. The van der Waals surface area contributed by atoms with Crippen molar-refractivity contribution in [3.05, 3.63) is 292 Å². The van der Waals surface area contributed by atoms with E-state index in [0.29, 0.717) is 44.8 Å². The third-order valence-corrected chi connectivity index (χ3v) is 27.9. The monoisotopic (exact) mass is 1980 g/mol. The highest BCUT2D eigenvalue weighted by Gasteiger charge is 2.34. The van der Waals surface area contributed by atoms with Gasteiger partial charge in [-0.05, 0) is 189 Å². The van der Waals surface area contributed by atoms with E-state index in [1.807, 2.05) is 116 Å². The van der Waals surface area contributed by atoms with Crippen molar-refractivity contribution >= 4 is 44.7 Å². The third-order valence-electron chi connectivity index (χ3n) is 26.1. The van der Waals surface area contributed by atoms with Crippen molar-refractivity contribution in [1.29, 1.82) is 0 Å². The number of sulfone groups is 1. The van der Waals surface area contributed by atoms with Crippen LogP contribution < -0.4 is 99.4 Å². The van der Waals surface area contributed by atoms with Gasteiger partial charge in [0.1, 0.15) is 0 Å². The van der Waals surface area contributed by atoms with Crippen molar-refractivity contribution < 1.29 is 8.42 Å². The van der Waals surface area contributed by atoms with E-state index >= 15 is 0 Å². The molecule has 11 aromatic rings. The molecule has 2 fully saturated rings. The van der Waals surface area contributed by atoms with Crippen LogP contribution in [0.5, 0.6) is 0 Å². The molecular weight excluding hydrogens is 1840 g/mol. The summed E-state index contributed by atoms with van der Waals surface area (Å²) in [6, 6.07) is 44.4. The van der Waals surface area contributed by atoms with Gasteiger partial charge in [0.15, 0.2) is 0 Å². The zero-order valence-corrected chi connectivity index (χ0v) is 87.2. The van der Waals surface area contributed by atoms with Gasteiger partial charge in [0, 0.05) is 140 Å². The maximum Gasteiger partial charge on any atom is 0.347 e. The first kappa shape index (κ1) is 112. The number of nitrogens with zero attached hydrogens (tertiary/aromatic N) is 24. The van der Waals surface area contributed by atoms with Crippen LogP contribution in [0.4, 0.5) is 34.9 Å². The van der Waals surface area contributed by atoms with Crippen LogP contribution in [0.2, 0.25) is 0 Å². The first-order valence-corrected chi connectivity index (χ1v) is 48.7. The molecule has 0 bridgehead atoms. The Morgan fingerprint density at radius 3 is 1.25 bits per heavy atom. The summed E-state index contributed by atoms with van der Waals surface area (Å²) in [5.74, 6) is 1.16. The van der Waals surface area contributed by atoms with Crippen molar-refractivity contribution in [3.8, 4) is 0 Å². The van der Waals surface area contributed by atoms with Gasteiger partial charge < -0.3 is 51.5 Å². The third kappa shape index (κ3) is 27.1. The number of rotatable bonds is 28. The summed E-state index contributed by atoms with van der Waals surface area (Å²) < 4.78 is 39.3. The molecule has 6 aromatic heterocycles. The average Bonchev–Trinajstić information content (AvgIpc) is 0.807. The van der Waals surface area contributed by atoms with E-state index in [1.54, 1.807) is 75.6 Å². The van der Waals surface area contributed by atoms with Gasteiger partial charge in [-0.25, -0.2) is 65.3 Å². The summed E-state index contributed by atoms with van der Waals surface area (Å²) in [7, 11) is 33.3. The molecule has 0 saturated heterocycles. The van der Waals surface area contributed by atoms with Crippen LogP contribution in [-0.4, -0.2) is 258 Å². The summed E-state index contributed by atoms with van der Waals surface area (Å²) in [4.78, 5) is 157. The van der Waals surface area contributed by atoms with Crippen molar-refractivity contribution in [1.82, 2.24) is 115 Å². The second kappa shape index (κ2) is 50.1. The number of hydrogen-bond acceptors (Lipinski definition) is 32. The SMILES string of the molecule is CCn1nc(NCC(c2ccccc2)N(C)C)c(=O)n(CC)c1=O.CN(C)C(C)(CNc1nn(C)c(=O)n(C)c1=O)c1ccccc1.CN(C)[C@@H]1CCCC[C@H]1Nc1nn(C)c(=O)n(C)c1=O.CN(C)[C@H]1CCCC[C@H]1Nc1nn(C)c(=O)n(C)c1=O.CN1CCc2ccccc2C1CNc1nn(C)c(=O)n(C)c1=O.C[C@@H](Nc1nn(C)c(=O)n(C)c1=O)[C@@H](c1ccc(S(=O)(=O)c2ccccc2)cc1)N(C)C. The zero-order chi connectivity index (χ0) is 105. The highest BCUT2D eigenvalue weighted by atomic mass is 32.2. The first-order valence-electron chi connectivity index (χ1n) is 47.2. The fraction of sp³-hybridized carbons (Fsp3) is 0.505. The van der Waals surface area contributed by atoms with E-state index in [1.165, 1.54) is 104 Å². The Morgan fingerprint density at radius 2 is 0.810 bits per heavy atom. The fourth-order valence-electron chi connectivity index (χ4n) is 17.5. The van der Waals surface area contributed by atoms with Crippen LogP contribution in [0.3, 0.4) is 0 Å². The molecule has 45 heteroatoms. The number of aromatic nitrogens is 18. The number of benzene rings is 5. The molecule has 5 aromatic carbocycles. The maximum absolute atomic E-state index is 12.9. The summed E-state index contributed by atoms with van der Waals surface area (Å²) >= 11 is 0. The van der Waals surface area contributed by atoms with Crippen molar-refractivity contribution in [2.45, 2.75) is 162 Å². The van der Waals surface area contributed by atoms with E-state index in [9.17, 15) is 66.0 Å². The molecule has 1 aliphatic heterocycles. The molecule has 0 radical (unpaired) electrons. The molecular formula is C97H142N30O14S. The summed E-state index contributed by atoms with van der Waals surface area (Å²) in [5.41, 5.74) is 0.403. The minimum Gasteiger partial charge on any atom is -0.362 e. The number of anilines is 6. The normalized spacial score (nSPS) is 16.8. The second-order valence-corrected chi connectivity index (χ2v) is 38.9. The standard InChI is InChI=1S/C22H27N5O4S.C17H25N5O2.C16H21N5O2.C16H23N5O2.2C13H23N5O2/c1-15(23-20-21(28)26(4)22(29)27(5)24-20)19(25(2)3)16-11-13-18(14-12-16)32(30,31)17-9-7-6-8-10-17;1-5-21-16(23)15(19-22(6-2)17(21)24)18-12-14(20(3)4)13-10-8-7-9-11-13;1-19-9-8-11-6-4-5-7-12(11)13(19)10-17-14-15(22)20(2)16(23)21(3)18-14;1-16(19(2)3,12-9-7-6-8-10-12)11-17-13-14(22)20(4)15(23)21(5)18-13;2*1-16(2)10-8-6-5-7-9(10)14-11-12(19)17(3)13(20)18(4)15-11/h6-15,19H,1-5H3,(H,23,24);7-11,14H,5-6,12H2,1-4H3,(H,18,19);4-7,13H,8-10H2,1-3H3,(H,17,18);6-10H,11H2,1-5H3,(H,17,18);2*9-10H,5-8H2,1-4H3,(H,14,15)/t15-,19+;;;;9-,10+;9-,10-/m1...11/s1. The predicted molar refractivity (Wildman–Crippen MR) is 554 cm³/mol. The summed E-state index contributed by atoms with van der Waals surface area (Å²) in [6.07, 6.45) is 9.98. The van der Waals surface area contributed by atoms with Crippen LogP contribution in [0, 0.1) is 0 Å². The largest absolute Gasteiger partial charge is 0.362 e. The van der Waals surface area contributed by atoms with Crippen LogP contribution >= 0.6 is 0 Å². The van der Waals surface area contributed by atoms with E-state index in [0.717, 1.165) is 100 Å². The molecule has 7 heterocycles. The average molecular weight is 1980 g/mol. The molecule has 0 spiro atoms. The molecule has 2 saturated carbocycles. The van der Waals surface area contributed by atoms with Gasteiger partial charge in [-0.2, -0.15) is 0 Å². The van der Waals surface area contributed by atoms with Crippen LogP contribution in [0.25, 0.3) is 0 Å². The molecule has 2 aliphatic carbocycles. The number of nitrogens with one attached hydrogen (secondary N) is 6. The van der Waals surface area contributed by atoms with Crippen LogP contribution in [0.1, 0.15) is 125 Å². The zero-order valence-electron chi connectivity index (χ0n) is 86.4. The summed E-state index contributed by atoms with van der Waals surface area (Å²) in [5, 5.41) is 43.3. The Balaban J connectivity index is 0.000000192. The van der Waals surface area contributed by atoms with E-state index < -0.39 is 55.0 Å². The molecule has 770 valence electrons. The molecule has 6 N–H and O–H groups in total. The van der Waals surface area contributed by atoms with Crippen molar-refractivity contribution in [3.63, 3.8) is 0 Å². The molecule has 44 nitrogen and oxygen atoms in total. The Morgan fingerprint density at radius 1 is 0.415 bits per heavy atom. The van der Waals surface area contributed by atoms with Gasteiger partial charge in [0.2, 0.25) is 44.7 Å². The number of aryl methyl sites for hydroxylation is 6. The second-order valence-electron chi connectivity index (χ2n) is 36.9. The number of likely N-dealkylation sites (N-methyl/N-ethyl adjacent to an activating group) is 6. The maximum atomic E-state index is 12.9.